The molecule has 0 amide bonds. The number of aromatic nitrogens is 3. The van der Waals surface area contributed by atoms with E-state index < -0.39 is 5.82 Å². The van der Waals surface area contributed by atoms with Crippen LogP contribution in [-0.2, 0) is 9.47 Å². The molecule has 32 heavy (non-hydrogen) atoms. The molecule has 1 N–H and O–H groups in total. The van der Waals surface area contributed by atoms with E-state index in [-0.39, 0.29) is 5.02 Å². The first-order chi connectivity index (χ1) is 15.4. The van der Waals surface area contributed by atoms with Crippen LogP contribution >= 0.6 is 11.6 Å². The van der Waals surface area contributed by atoms with Crippen molar-refractivity contribution >= 4 is 29.2 Å². The number of halogens is 2. The van der Waals surface area contributed by atoms with Crippen molar-refractivity contribution in [2.75, 3.05) is 49.7 Å². The van der Waals surface area contributed by atoms with Crippen molar-refractivity contribution in [3.63, 3.8) is 0 Å². The molecule has 1 aliphatic rings. The van der Waals surface area contributed by atoms with Crippen molar-refractivity contribution in [1.82, 2.24) is 15.0 Å². The van der Waals surface area contributed by atoms with Crippen LogP contribution in [0.2, 0.25) is 5.02 Å². The number of aryl methyl sites for hydroxylation is 1. The van der Waals surface area contributed by atoms with Crippen LogP contribution in [0.25, 0.3) is 0 Å². The van der Waals surface area contributed by atoms with Gasteiger partial charge in [0.05, 0.1) is 18.2 Å². The standard InChI is InChI=1S/C14H15ClFN5O.C9H20O/c1-9-17-13(19-10-2-3-12(16)11(15)8-10)20-14(18-9)21-4-6-22-7-5-21;1-4-7-10-8-6-9(3)5-2/h2-3,8H,4-7H2,1H3,(H,17,18,19,20);9H,4-8H2,1-3H3. The fraction of sp³-hybridized carbons (Fsp3) is 0.609. The lowest BCUT2D eigenvalue weighted by molar-refractivity contribution is 0.122. The molecule has 3 rings (SSSR count). The lowest BCUT2D eigenvalue weighted by Gasteiger charge is -2.27. The second-order valence-electron chi connectivity index (χ2n) is 7.77. The largest absolute Gasteiger partial charge is 0.381 e. The first-order valence-corrected chi connectivity index (χ1v) is 11.7. The second kappa shape index (κ2) is 14.2. The van der Waals surface area contributed by atoms with E-state index in [1.54, 1.807) is 13.0 Å². The van der Waals surface area contributed by atoms with Gasteiger partial charge in [-0.3, -0.25) is 0 Å². The highest BCUT2D eigenvalue weighted by Gasteiger charge is 2.15. The molecule has 1 unspecified atom stereocenters. The monoisotopic (exact) mass is 467 g/mol. The summed E-state index contributed by atoms with van der Waals surface area (Å²) in [4.78, 5) is 15.0. The Hall–Kier alpha value is -2.03. The molecule has 2 aromatic rings. The predicted molar refractivity (Wildman–Crippen MR) is 127 cm³/mol. The minimum Gasteiger partial charge on any atom is -0.381 e. The number of morpholine rings is 1. The average Bonchev–Trinajstić information content (AvgIpc) is 2.79. The Morgan fingerprint density at radius 3 is 2.59 bits per heavy atom. The van der Waals surface area contributed by atoms with E-state index in [9.17, 15) is 4.39 Å². The molecule has 1 aliphatic heterocycles. The van der Waals surface area contributed by atoms with Gasteiger partial charge >= 0.3 is 0 Å². The van der Waals surface area contributed by atoms with E-state index in [2.05, 4.69) is 41.0 Å². The lowest BCUT2D eigenvalue weighted by Crippen LogP contribution is -2.37. The number of ether oxygens (including phenoxy) is 2. The molecular formula is C23H35ClFN5O2. The predicted octanol–water partition coefficient (Wildman–Crippen LogP) is 5.40. The maximum atomic E-state index is 13.2. The van der Waals surface area contributed by atoms with Gasteiger partial charge in [-0.2, -0.15) is 15.0 Å². The Kier molecular flexibility index (Phi) is 11.6. The third-order valence-electron chi connectivity index (χ3n) is 5.01. The van der Waals surface area contributed by atoms with Gasteiger partial charge in [-0.25, -0.2) is 4.39 Å². The maximum Gasteiger partial charge on any atom is 0.232 e. The number of nitrogens with one attached hydrogen (secondary N) is 1. The summed E-state index contributed by atoms with van der Waals surface area (Å²) in [5, 5.41) is 3.07. The van der Waals surface area contributed by atoms with Crippen LogP contribution < -0.4 is 10.2 Å². The van der Waals surface area contributed by atoms with Crippen LogP contribution in [0.4, 0.5) is 22.0 Å². The number of nitrogens with zero attached hydrogens (tertiary/aromatic N) is 4. The summed E-state index contributed by atoms with van der Waals surface area (Å²) < 4.78 is 23.9. The summed E-state index contributed by atoms with van der Waals surface area (Å²) in [5.41, 5.74) is 0.616. The van der Waals surface area contributed by atoms with Gasteiger partial charge in [-0.05, 0) is 43.9 Å². The summed E-state index contributed by atoms with van der Waals surface area (Å²) in [6.45, 7) is 13.1. The van der Waals surface area contributed by atoms with Crippen LogP contribution in [0.15, 0.2) is 18.2 Å². The van der Waals surface area contributed by atoms with Crippen LogP contribution in [0, 0.1) is 18.7 Å². The van der Waals surface area contributed by atoms with E-state index in [1.165, 1.54) is 25.0 Å². The normalized spacial score (nSPS) is 14.5. The molecule has 0 radical (unpaired) electrons. The molecule has 1 atom stereocenters. The summed E-state index contributed by atoms with van der Waals surface area (Å²) in [7, 11) is 0. The van der Waals surface area contributed by atoms with Gasteiger partial charge in [0.1, 0.15) is 11.6 Å². The molecule has 0 spiro atoms. The average molecular weight is 468 g/mol. The number of hydrogen-bond donors (Lipinski definition) is 1. The van der Waals surface area contributed by atoms with Crippen LogP contribution in [-0.4, -0.2) is 54.5 Å². The molecule has 1 fully saturated rings. The molecule has 1 saturated heterocycles. The highest BCUT2D eigenvalue weighted by molar-refractivity contribution is 6.31. The molecule has 9 heteroatoms. The zero-order valence-electron chi connectivity index (χ0n) is 19.5. The molecule has 1 aromatic carbocycles. The van der Waals surface area contributed by atoms with Crippen molar-refractivity contribution in [2.45, 2.75) is 47.0 Å². The molecule has 178 valence electrons. The molecule has 2 heterocycles. The van der Waals surface area contributed by atoms with Gasteiger partial charge in [-0.15, -0.1) is 0 Å². The van der Waals surface area contributed by atoms with Crippen molar-refractivity contribution in [2.24, 2.45) is 5.92 Å². The van der Waals surface area contributed by atoms with E-state index in [0.717, 1.165) is 38.6 Å². The van der Waals surface area contributed by atoms with Gasteiger partial charge in [0, 0.05) is 32.0 Å². The van der Waals surface area contributed by atoms with Gasteiger partial charge in [0.2, 0.25) is 11.9 Å². The quantitative estimate of drug-likeness (QED) is 0.495. The van der Waals surface area contributed by atoms with Crippen LogP contribution in [0.5, 0.6) is 0 Å². The Morgan fingerprint density at radius 1 is 1.19 bits per heavy atom. The summed E-state index contributed by atoms with van der Waals surface area (Å²) in [6, 6.07) is 4.36. The van der Waals surface area contributed by atoms with Crippen molar-refractivity contribution in [3.8, 4) is 0 Å². The third kappa shape index (κ3) is 9.22. The number of hydrogen-bond acceptors (Lipinski definition) is 7. The summed E-state index contributed by atoms with van der Waals surface area (Å²) in [5.74, 6) is 1.97. The van der Waals surface area contributed by atoms with Crippen molar-refractivity contribution in [3.05, 3.63) is 34.9 Å². The number of anilines is 3. The topological polar surface area (TPSA) is 72.4 Å². The maximum absolute atomic E-state index is 13.2. The Morgan fingerprint density at radius 2 is 1.94 bits per heavy atom. The van der Waals surface area contributed by atoms with Gasteiger partial charge in [-0.1, -0.05) is 38.8 Å². The van der Waals surface area contributed by atoms with E-state index >= 15 is 0 Å². The van der Waals surface area contributed by atoms with E-state index in [4.69, 9.17) is 21.1 Å². The SMILES string of the molecule is CCCOCCC(C)CC.Cc1nc(Nc2ccc(F)c(Cl)c2)nc(N2CCOCC2)n1. The Labute approximate surface area is 195 Å². The van der Waals surface area contributed by atoms with E-state index in [1.807, 2.05) is 4.90 Å². The highest BCUT2D eigenvalue weighted by Crippen LogP contribution is 2.22. The molecule has 0 bridgehead atoms. The molecule has 7 nitrogen and oxygen atoms in total. The van der Waals surface area contributed by atoms with Crippen LogP contribution in [0.3, 0.4) is 0 Å². The van der Waals surface area contributed by atoms with Gasteiger partial charge < -0.3 is 19.7 Å². The minimum absolute atomic E-state index is 0.0455. The fourth-order valence-corrected chi connectivity index (χ4v) is 3.05. The smallest absolute Gasteiger partial charge is 0.232 e. The van der Waals surface area contributed by atoms with Gasteiger partial charge in [0.25, 0.3) is 0 Å². The minimum atomic E-state index is -0.465. The number of benzene rings is 1. The van der Waals surface area contributed by atoms with Crippen molar-refractivity contribution in [1.29, 1.82) is 0 Å². The zero-order chi connectivity index (χ0) is 23.3. The molecule has 1 aromatic heterocycles. The summed E-state index contributed by atoms with van der Waals surface area (Å²) >= 11 is 5.77. The van der Waals surface area contributed by atoms with Crippen LogP contribution in [0.1, 0.15) is 45.9 Å². The zero-order valence-corrected chi connectivity index (χ0v) is 20.3. The lowest BCUT2D eigenvalue weighted by atomic mass is 10.1. The fourth-order valence-electron chi connectivity index (χ4n) is 2.87. The highest BCUT2D eigenvalue weighted by atomic mass is 35.5. The third-order valence-corrected chi connectivity index (χ3v) is 5.30. The molecule has 0 aliphatic carbocycles. The first-order valence-electron chi connectivity index (χ1n) is 11.3. The van der Waals surface area contributed by atoms with E-state index in [0.29, 0.717) is 36.6 Å². The van der Waals surface area contributed by atoms with Crippen molar-refractivity contribution < 1.29 is 13.9 Å². The van der Waals surface area contributed by atoms with Gasteiger partial charge in [0.15, 0.2) is 0 Å². The Balaban J connectivity index is 0.000000309. The Bertz CT molecular complexity index is 821. The second-order valence-corrected chi connectivity index (χ2v) is 8.18. The first kappa shape index (κ1) is 26.2. The summed E-state index contributed by atoms with van der Waals surface area (Å²) in [6.07, 6.45) is 3.63. The molecule has 0 saturated carbocycles. The number of rotatable bonds is 9. The molecular weight excluding hydrogens is 433 g/mol.